The summed E-state index contributed by atoms with van der Waals surface area (Å²) in [5, 5.41) is 19.4. The largest absolute Gasteiger partial charge is 0.496 e. The number of methoxy groups -OCH3 is 2. The van der Waals surface area contributed by atoms with Crippen molar-refractivity contribution in [2.45, 2.75) is 12.6 Å². The first-order valence-corrected chi connectivity index (χ1v) is 7.20. The minimum atomic E-state index is -0.707. The van der Waals surface area contributed by atoms with E-state index in [-0.39, 0.29) is 0 Å². The minimum Gasteiger partial charge on any atom is -0.496 e. The number of nitriles is 1. The highest BCUT2D eigenvalue weighted by atomic mass is 16.5. The van der Waals surface area contributed by atoms with E-state index in [0.29, 0.717) is 36.0 Å². The van der Waals surface area contributed by atoms with Gasteiger partial charge in [-0.25, -0.2) is 4.98 Å². The van der Waals surface area contributed by atoms with E-state index in [4.69, 9.17) is 14.7 Å². The molecule has 1 aliphatic heterocycles. The Morgan fingerprint density at radius 3 is 2.57 bits per heavy atom. The van der Waals surface area contributed by atoms with Crippen LogP contribution in [0.2, 0.25) is 0 Å². The van der Waals surface area contributed by atoms with Crippen LogP contribution in [0.5, 0.6) is 11.5 Å². The quantitative estimate of drug-likeness (QED) is 0.934. The average Bonchev–Trinajstić information content (AvgIpc) is 2.60. The van der Waals surface area contributed by atoms with Crippen molar-refractivity contribution in [1.29, 1.82) is 5.26 Å². The molecule has 0 aliphatic carbocycles. The minimum absolute atomic E-state index is 0.398. The summed E-state index contributed by atoms with van der Waals surface area (Å²) >= 11 is 0. The van der Waals surface area contributed by atoms with Gasteiger partial charge in [-0.3, -0.25) is 0 Å². The summed E-state index contributed by atoms with van der Waals surface area (Å²) in [7, 11) is 3.19. The molecule has 2 aromatic rings. The maximum Gasteiger partial charge on any atom is 0.128 e. The lowest BCUT2D eigenvalue weighted by Gasteiger charge is -2.34. The van der Waals surface area contributed by atoms with Crippen LogP contribution in [0.1, 0.15) is 22.8 Å². The second-order valence-corrected chi connectivity index (χ2v) is 5.28. The van der Waals surface area contributed by atoms with Crippen LogP contribution in [0, 0.1) is 11.3 Å². The number of aliphatic hydroxyl groups excluding tert-OH is 1. The number of aromatic nitrogens is 1. The Morgan fingerprint density at radius 1 is 1.22 bits per heavy atom. The molecule has 118 valence electrons. The molecule has 3 rings (SSSR count). The summed E-state index contributed by atoms with van der Waals surface area (Å²) in [5.41, 5.74) is 2.15. The molecule has 0 radical (unpaired) electrons. The third kappa shape index (κ3) is 2.67. The number of hydrogen-bond donors (Lipinski definition) is 1. The molecule has 1 aliphatic rings. The molecule has 0 fully saturated rings. The number of β-amino-alcohol motifs (C(OH)–C–C–N with tert-alkyl or cyclic N) is 1. The van der Waals surface area contributed by atoms with Gasteiger partial charge < -0.3 is 19.5 Å². The van der Waals surface area contributed by atoms with Crippen LogP contribution in [0.3, 0.4) is 0 Å². The average molecular weight is 311 g/mol. The molecule has 0 saturated heterocycles. The molecule has 6 heteroatoms. The summed E-state index contributed by atoms with van der Waals surface area (Å²) in [6, 6.07) is 9.18. The van der Waals surface area contributed by atoms with Gasteiger partial charge in [0.15, 0.2) is 0 Å². The molecule has 6 nitrogen and oxygen atoms in total. The number of hydrogen-bond acceptors (Lipinski definition) is 6. The Bertz CT molecular complexity index is 753. The first kappa shape index (κ1) is 15.1. The monoisotopic (exact) mass is 311 g/mol. The highest BCUT2D eigenvalue weighted by Crippen LogP contribution is 2.40. The Morgan fingerprint density at radius 2 is 1.96 bits per heavy atom. The van der Waals surface area contributed by atoms with Gasteiger partial charge in [0.05, 0.1) is 26.3 Å². The van der Waals surface area contributed by atoms with Crippen molar-refractivity contribution in [2.24, 2.45) is 0 Å². The zero-order chi connectivity index (χ0) is 16.4. The van der Waals surface area contributed by atoms with Crippen LogP contribution in [-0.4, -0.2) is 30.9 Å². The second kappa shape index (κ2) is 6.15. The van der Waals surface area contributed by atoms with E-state index in [1.54, 1.807) is 32.4 Å². The van der Waals surface area contributed by atoms with Crippen molar-refractivity contribution in [3.63, 3.8) is 0 Å². The van der Waals surface area contributed by atoms with Gasteiger partial charge in [0.25, 0.3) is 0 Å². The summed E-state index contributed by atoms with van der Waals surface area (Å²) in [6.07, 6.45) is 0.821. The molecule has 0 unspecified atom stereocenters. The van der Waals surface area contributed by atoms with Crippen molar-refractivity contribution in [3.8, 4) is 17.6 Å². The molecule has 1 aromatic heterocycles. The van der Waals surface area contributed by atoms with Gasteiger partial charge in [0.2, 0.25) is 0 Å². The Hall–Kier alpha value is -2.78. The molecular formula is C17H17N3O3. The maximum atomic E-state index is 10.6. The number of rotatable bonds is 3. The van der Waals surface area contributed by atoms with Crippen LogP contribution >= 0.6 is 0 Å². The standard InChI is InChI=1S/C17H17N3O3/c1-22-14-4-5-15(23-2)17-12(14)9-20(10-13(17)21)16-6-3-11(7-18)8-19-16/h3-6,8,13,21H,9-10H2,1-2H3/t13-/m1/s1. The van der Waals surface area contributed by atoms with Gasteiger partial charge in [0.1, 0.15) is 29.5 Å². The first-order chi connectivity index (χ1) is 11.2. The van der Waals surface area contributed by atoms with Gasteiger partial charge in [-0.1, -0.05) is 0 Å². The Kier molecular flexibility index (Phi) is 4.04. The number of anilines is 1. The highest BCUT2D eigenvalue weighted by Gasteiger charge is 2.30. The van der Waals surface area contributed by atoms with Crippen LogP contribution in [0.25, 0.3) is 0 Å². The van der Waals surface area contributed by atoms with Gasteiger partial charge in [-0.15, -0.1) is 0 Å². The van der Waals surface area contributed by atoms with Crippen LogP contribution < -0.4 is 14.4 Å². The summed E-state index contributed by atoms with van der Waals surface area (Å²) in [6.45, 7) is 0.946. The molecule has 2 heterocycles. The molecular weight excluding hydrogens is 294 g/mol. The zero-order valence-corrected chi connectivity index (χ0v) is 13.0. The lowest BCUT2D eigenvalue weighted by molar-refractivity contribution is 0.169. The fourth-order valence-corrected chi connectivity index (χ4v) is 2.89. The molecule has 0 amide bonds. The third-order valence-electron chi connectivity index (χ3n) is 3.99. The fraction of sp³-hybridized carbons (Fsp3) is 0.294. The molecule has 0 bridgehead atoms. The smallest absolute Gasteiger partial charge is 0.128 e. The van der Waals surface area contributed by atoms with E-state index in [1.165, 1.54) is 6.20 Å². The van der Waals surface area contributed by atoms with Crippen molar-refractivity contribution < 1.29 is 14.6 Å². The third-order valence-corrected chi connectivity index (χ3v) is 3.99. The summed E-state index contributed by atoms with van der Waals surface area (Å²) in [5.74, 6) is 2.07. The number of benzene rings is 1. The van der Waals surface area contributed by atoms with Gasteiger partial charge in [-0.05, 0) is 24.3 Å². The van der Waals surface area contributed by atoms with E-state index in [0.717, 1.165) is 11.1 Å². The zero-order valence-electron chi connectivity index (χ0n) is 13.0. The highest BCUT2D eigenvalue weighted by molar-refractivity contribution is 5.55. The van der Waals surface area contributed by atoms with Crippen LogP contribution in [0.15, 0.2) is 30.5 Å². The summed E-state index contributed by atoms with van der Waals surface area (Å²) in [4.78, 5) is 6.25. The molecule has 1 atom stereocenters. The SMILES string of the molecule is COc1ccc(OC)c2c1CN(c1ccc(C#N)cn1)C[C@H]2O. The van der Waals surface area contributed by atoms with Crippen molar-refractivity contribution in [1.82, 2.24) is 4.98 Å². The number of fused-ring (bicyclic) bond motifs is 1. The number of nitrogens with zero attached hydrogens (tertiary/aromatic N) is 3. The molecule has 1 aromatic carbocycles. The molecule has 1 N–H and O–H groups in total. The number of pyridine rings is 1. The Labute approximate surface area is 134 Å². The lowest BCUT2D eigenvalue weighted by atomic mass is 9.95. The van der Waals surface area contributed by atoms with Crippen LogP contribution in [-0.2, 0) is 6.54 Å². The van der Waals surface area contributed by atoms with Crippen molar-refractivity contribution >= 4 is 5.82 Å². The topological polar surface area (TPSA) is 78.6 Å². The van der Waals surface area contributed by atoms with E-state index in [2.05, 4.69) is 4.98 Å². The fourth-order valence-electron chi connectivity index (χ4n) is 2.89. The van der Waals surface area contributed by atoms with Gasteiger partial charge in [-0.2, -0.15) is 5.26 Å². The van der Waals surface area contributed by atoms with Crippen molar-refractivity contribution in [2.75, 3.05) is 25.7 Å². The molecule has 0 saturated carbocycles. The predicted molar refractivity (Wildman–Crippen MR) is 84.5 cm³/mol. The van der Waals surface area contributed by atoms with Crippen LogP contribution in [0.4, 0.5) is 5.82 Å². The number of ether oxygens (including phenoxy) is 2. The van der Waals surface area contributed by atoms with E-state index < -0.39 is 6.10 Å². The van der Waals surface area contributed by atoms with Crippen molar-refractivity contribution in [3.05, 3.63) is 47.2 Å². The number of aliphatic hydroxyl groups is 1. The van der Waals surface area contributed by atoms with E-state index >= 15 is 0 Å². The van der Waals surface area contributed by atoms with Gasteiger partial charge in [0, 0.05) is 23.9 Å². The predicted octanol–water partition coefficient (Wildman–Crippen LogP) is 2.02. The Balaban J connectivity index is 2.00. The maximum absolute atomic E-state index is 10.6. The lowest BCUT2D eigenvalue weighted by Crippen LogP contribution is -2.34. The normalized spacial score (nSPS) is 16.4. The molecule has 23 heavy (non-hydrogen) atoms. The van der Waals surface area contributed by atoms with Gasteiger partial charge >= 0.3 is 0 Å². The van der Waals surface area contributed by atoms with E-state index in [1.807, 2.05) is 17.0 Å². The second-order valence-electron chi connectivity index (χ2n) is 5.28. The summed E-state index contributed by atoms with van der Waals surface area (Å²) < 4.78 is 10.8. The van der Waals surface area contributed by atoms with E-state index in [9.17, 15) is 5.11 Å². The molecule has 0 spiro atoms. The first-order valence-electron chi connectivity index (χ1n) is 7.20.